The summed E-state index contributed by atoms with van der Waals surface area (Å²) in [7, 11) is 1.79. The van der Waals surface area contributed by atoms with E-state index in [2.05, 4.69) is 38.8 Å². The Balaban J connectivity index is 1.72. The van der Waals surface area contributed by atoms with E-state index in [1.165, 1.54) is 25.7 Å². The van der Waals surface area contributed by atoms with Crippen molar-refractivity contribution in [3.63, 3.8) is 0 Å². The standard InChI is InChI=1S/C15H26N6/c1-3-21-12-19-20-14(21)11-18-15(16-2)17-10-9-13-7-5-4-6-8-13/h7,12H,3-6,8-11H2,1-2H3,(H2,16,17,18). The highest BCUT2D eigenvalue weighted by Gasteiger charge is 2.06. The summed E-state index contributed by atoms with van der Waals surface area (Å²) in [6, 6.07) is 0. The molecule has 1 aliphatic carbocycles. The van der Waals surface area contributed by atoms with Gasteiger partial charge in [-0.05, 0) is 39.0 Å². The van der Waals surface area contributed by atoms with Crippen LogP contribution in [0.25, 0.3) is 0 Å². The highest BCUT2D eigenvalue weighted by molar-refractivity contribution is 5.79. The van der Waals surface area contributed by atoms with E-state index in [1.54, 1.807) is 18.9 Å². The van der Waals surface area contributed by atoms with Gasteiger partial charge in [-0.15, -0.1) is 10.2 Å². The first-order chi connectivity index (χ1) is 10.3. The first-order valence-corrected chi connectivity index (χ1v) is 7.82. The van der Waals surface area contributed by atoms with Crippen molar-refractivity contribution < 1.29 is 0 Å². The number of guanidine groups is 1. The number of nitrogens with one attached hydrogen (secondary N) is 2. The summed E-state index contributed by atoms with van der Waals surface area (Å²) in [6.45, 7) is 4.52. The van der Waals surface area contributed by atoms with E-state index in [4.69, 9.17) is 0 Å². The number of hydrogen-bond acceptors (Lipinski definition) is 3. The minimum atomic E-state index is 0.635. The fourth-order valence-electron chi connectivity index (χ4n) is 2.54. The second kappa shape index (κ2) is 8.44. The Labute approximate surface area is 126 Å². The summed E-state index contributed by atoms with van der Waals surface area (Å²) < 4.78 is 2.02. The zero-order valence-corrected chi connectivity index (χ0v) is 13.1. The van der Waals surface area contributed by atoms with Crippen molar-refractivity contribution in [3.8, 4) is 0 Å². The highest BCUT2D eigenvalue weighted by Crippen LogP contribution is 2.19. The highest BCUT2D eigenvalue weighted by atomic mass is 15.3. The summed E-state index contributed by atoms with van der Waals surface area (Å²) in [5, 5.41) is 14.7. The molecule has 1 aliphatic rings. The molecular formula is C15H26N6. The molecule has 0 radical (unpaired) electrons. The second-order valence-corrected chi connectivity index (χ2v) is 5.24. The Hall–Kier alpha value is -1.85. The van der Waals surface area contributed by atoms with Crippen molar-refractivity contribution in [2.24, 2.45) is 4.99 Å². The van der Waals surface area contributed by atoms with E-state index in [1.807, 2.05) is 4.57 Å². The second-order valence-electron chi connectivity index (χ2n) is 5.24. The molecule has 0 aromatic carbocycles. The molecule has 6 heteroatoms. The lowest BCUT2D eigenvalue weighted by Crippen LogP contribution is -2.38. The third kappa shape index (κ3) is 4.88. The number of aryl methyl sites for hydroxylation is 1. The molecule has 21 heavy (non-hydrogen) atoms. The molecule has 0 saturated carbocycles. The lowest BCUT2D eigenvalue weighted by molar-refractivity contribution is 0.656. The zero-order valence-electron chi connectivity index (χ0n) is 13.1. The summed E-state index contributed by atoms with van der Waals surface area (Å²) in [5.41, 5.74) is 1.58. The summed E-state index contributed by atoms with van der Waals surface area (Å²) in [5.74, 6) is 1.74. The molecule has 0 unspecified atom stereocenters. The third-order valence-corrected chi connectivity index (χ3v) is 3.80. The van der Waals surface area contributed by atoms with Gasteiger partial charge in [-0.3, -0.25) is 4.99 Å². The van der Waals surface area contributed by atoms with Crippen molar-refractivity contribution in [2.45, 2.75) is 52.1 Å². The van der Waals surface area contributed by atoms with Crippen molar-refractivity contribution in [1.29, 1.82) is 0 Å². The average molecular weight is 290 g/mol. The molecule has 116 valence electrons. The van der Waals surface area contributed by atoms with Gasteiger partial charge in [0.15, 0.2) is 11.8 Å². The molecular weight excluding hydrogens is 264 g/mol. The smallest absolute Gasteiger partial charge is 0.191 e. The molecule has 0 aliphatic heterocycles. The Morgan fingerprint density at radius 1 is 1.38 bits per heavy atom. The van der Waals surface area contributed by atoms with Gasteiger partial charge in [0, 0.05) is 20.1 Å². The van der Waals surface area contributed by atoms with Crippen LogP contribution in [0.3, 0.4) is 0 Å². The largest absolute Gasteiger partial charge is 0.356 e. The van der Waals surface area contributed by atoms with Gasteiger partial charge >= 0.3 is 0 Å². The molecule has 0 bridgehead atoms. The van der Waals surface area contributed by atoms with Crippen LogP contribution >= 0.6 is 0 Å². The molecule has 1 aromatic rings. The Bertz CT molecular complexity index is 488. The predicted octanol–water partition coefficient (Wildman–Crippen LogP) is 1.85. The monoisotopic (exact) mass is 290 g/mol. The molecule has 6 nitrogen and oxygen atoms in total. The molecule has 0 atom stereocenters. The maximum atomic E-state index is 4.24. The number of rotatable bonds is 6. The molecule has 2 rings (SSSR count). The van der Waals surface area contributed by atoms with E-state index >= 15 is 0 Å². The van der Waals surface area contributed by atoms with Gasteiger partial charge in [-0.1, -0.05) is 11.6 Å². The molecule has 1 aromatic heterocycles. The van der Waals surface area contributed by atoms with Gasteiger partial charge in [0.05, 0.1) is 6.54 Å². The van der Waals surface area contributed by atoms with Gasteiger partial charge in [-0.25, -0.2) is 0 Å². The van der Waals surface area contributed by atoms with Crippen LogP contribution in [-0.4, -0.2) is 34.3 Å². The van der Waals surface area contributed by atoms with E-state index in [9.17, 15) is 0 Å². The summed E-state index contributed by atoms with van der Waals surface area (Å²) in [6.07, 6.45) is 10.4. The number of nitrogens with zero attached hydrogens (tertiary/aromatic N) is 4. The molecule has 1 heterocycles. The predicted molar refractivity (Wildman–Crippen MR) is 85.1 cm³/mol. The minimum Gasteiger partial charge on any atom is -0.356 e. The van der Waals surface area contributed by atoms with Gasteiger partial charge in [0.25, 0.3) is 0 Å². The normalized spacial score (nSPS) is 15.7. The molecule has 2 N–H and O–H groups in total. The van der Waals surface area contributed by atoms with Gasteiger partial charge in [-0.2, -0.15) is 0 Å². The number of hydrogen-bond donors (Lipinski definition) is 2. The summed E-state index contributed by atoms with van der Waals surface area (Å²) in [4.78, 5) is 4.24. The molecule has 0 amide bonds. The van der Waals surface area contributed by atoms with Gasteiger partial charge in [0.2, 0.25) is 0 Å². The number of aromatic nitrogens is 3. The van der Waals surface area contributed by atoms with Crippen LogP contribution < -0.4 is 10.6 Å². The Kier molecular flexibility index (Phi) is 6.24. The van der Waals surface area contributed by atoms with Gasteiger partial charge in [0.1, 0.15) is 6.33 Å². The lowest BCUT2D eigenvalue weighted by atomic mass is 9.97. The van der Waals surface area contributed by atoms with Crippen LogP contribution in [0.2, 0.25) is 0 Å². The van der Waals surface area contributed by atoms with Crippen LogP contribution in [0.15, 0.2) is 23.0 Å². The van der Waals surface area contributed by atoms with E-state index < -0.39 is 0 Å². The Morgan fingerprint density at radius 3 is 3.00 bits per heavy atom. The van der Waals surface area contributed by atoms with Crippen LogP contribution in [-0.2, 0) is 13.1 Å². The van der Waals surface area contributed by atoms with Crippen molar-refractivity contribution in [3.05, 3.63) is 23.8 Å². The van der Waals surface area contributed by atoms with E-state index in [-0.39, 0.29) is 0 Å². The van der Waals surface area contributed by atoms with Crippen molar-refractivity contribution in [1.82, 2.24) is 25.4 Å². The maximum Gasteiger partial charge on any atom is 0.191 e. The van der Waals surface area contributed by atoms with Crippen LogP contribution in [0.1, 0.15) is 44.9 Å². The Morgan fingerprint density at radius 2 is 2.29 bits per heavy atom. The van der Waals surface area contributed by atoms with Crippen molar-refractivity contribution >= 4 is 5.96 Å². The fourth-order valence-corrected chi connectivity index (χ4v) is 2.54. The van der Waals surface area contributed by atoms with Crippen molar-refractivity contribution in [2.75, 3.05) is 13.6 Å². The summed E-state index contributed by atoms with van der Waals surface area (Å²) >= 11 is 0. The van der Waals surface area contributed by atoms with Crippen LogP contribution in [0, 0.1) is 0 Å². The molecule has 0 saturated heterocycles. The third-order valence-electron chi connectivity index (χ3n) is 3.80. The SMILES string of the molecule is CCn1cnnc1CNC(=NC)NCCC1=CCCCC1. The molecule has 0 spiro atoms. The molecule has 0 fully saturated rings. The average Bonchev–Trinajstić information content (AvgIpc) is 2.99. The van der Waals surface area contributed by atoms with E-state index in [0.717, 1.165) is 31.3 Å². The first kappa shape index (κ1) is 15.5. The minimum absolute atomic E-state index is 0.635. The quantitative estimate of drug-likeness (QED) is 0.477. The number of allylic oxidation sites excluding steroid dienone is 1. The fraction of sp³-hybridized carbons (Fsp3) is 0.667. The maximum absolute atomic E-state index is 4.24. The van der Waals surface area contributed by atoms with Crippen LogP contribution in [0.4, 0.5) is 0 Å². The lowest BCUT2D eigenvalue weighted by Gasteiger charge is -2.15. The van der Waals surface area contributed by atoms with Crippen LogP contribution in [0.5, 0.6) is 0 Å². The number of aliphatic imine (C=N–C) groups is 1. The van der Waals surface area contributed by atoms with E-state index in [0.29, 0.717) is 6.54 Å². The van der Waals surface area contributed by atoms with Gasteiger partial charge < -0.3 is 15.2 Å². The topological polar surface area (TPSA) is 67.1 Å². The first-order valence-electron chi connectivity index (χ1n) is 7.82. The zero-order chi connectivity index (χ0) is 14.9.